The van der Waals surface area contributed by atoms with E-state index in [0.29, 0.717) is 25.1 Å². The van der Waals surface area contributed by atoms with E-state index in [0.717, 1.165) is 32.4 Å². The van der Waals surface area contributed by atoms with Gasteiger partial charge in [0.1, 0.15) is 0 Å². The number of carbonyl (C=O) groups is 1. The molecule has 1 rings (SSSR count). The molecule has 0 unspecified atom stereocenters. The quantitative estimate of drug-likeness (QED) is 0.505. The summed E-state index contributed by atoms with van der Waals surface area (Å²) >= 11 is 0. The topological polar surface area (TPSA) is 50.4 Å². The lowest BCUT2D eigenvalue weighted by Crippen LogP contribution is -2.40. The maximum Gasteiger partial charge on any atom is 0.234 e. The van der Waals surface area contributed by atoms with E-state index in [-0.39, 0.29) is 5.91 Å². The molecule has 0 aromatic rings. The molecule has 20 heavy (non-hydrogen) atoms. The predicted molar refractivity (Wildman–Crippen MR) is 82.8 cm³/mol. The smallest absolute Gasteiger partial charge is 0.234 e. The van der Waals surface area contributed by atoms with Crippen molar-refractivity contribution in [2.75, 3.05) is 26.3 Å². The zero-order chi connectivity index (χ0) is 14.6. The molecule has 1 aliphatic rings. The standard InChI is InChI=1S/C16H32N2O2/c1-14(2)9-11-20-12-10-17-13-16(19)18-15-7-5-3-4-6-8-15/h14-15,17H,3-13H2,1-2H3,(H,18,19). The van der Waals surface area contributed by atoms with Crippen LogP contribution in [0.4, 0.5) is 0 Å². The second-order valence-electron chi connectivity index (χ2n) is 6.23. The molecule has 2 N–H and O–H groups in total. The molecule has 0 radical (unpaired) electrons. The van der Waals surface area contributed by atoms with Crippen LogP contribution >= 0.6 is 0 Å². The van der Waals surface area contributed by atoms with Crippen molar-refractivity contribution in [3.8, 4) is 0 Å². The minimum atomic E-state index is 0.124. The van der Waals surface area contributed by atoms with Gasteiger partial charge in [-0.3, -0.25) is 4.79 Å². The first-order chi connectivity index (χ1) is 9.68. The average Bonchev–Trinajstić information content (AvgIpc) is 2.66. The van der Waals surface area contributed by atoms with Crippen molar-refractivity contribution in [2.45, 2.75) is 64.8 Å². The zero-order valence-electron chi connectivity index (χ0n) is 13.2. The molecule has 0 aromatic carbocycles. The van der Waals surface area contributed by atoms with Gasteiger partial charge in [0.15, 0.2) is 0 Å². The van der Waals surface area contributed by atoms with E-state index in [2.05, 4.69) is 24.5 Å². The van der Waals surface area contributed by atoms with Crippen molar-refractivity contribution in [3.63, 3.8) is 0 Å². The van der Waals surface area contributed by atoms with Crippen molar-refractivity contribution in [1.29, 1.82) is 0 Å². The Labute approximate surface area is 124 Å². The summed E-state index contributed by atoms with van der Waals surface area (Å²) in [5, 5.41) is 6.28. The first-order valence-corrected chi connectivity index (χ1v) is 8.26. The van der Waals surface area contributed by atoms with Crippen LogP contribution in [-0.2, 0) is 9.53 Å². The normalized spacial score (nSPS) is 17.1. The molecule has 1 amide bonds. The first kappa shape index (κ1) is 17.4. The second-order valence-corrected chi connectivity index (χ2v) is 6.23. The summed E-state index contributed by atoms with van der Waals surface area (Å²) in [6, 6.07) is 0.397. The molecular weight excluding hydrogens is 252 g/mol. The van der Waals surface area contributed by atoms with Crippen molar-refractivity contribution >= 4 is 5.91 Å². The van der Waals surface area contributed by atoms with Crippen LogP contribution < -0.4 is 10.6 Å². The minimum Gasteiger partial charge on any atom is -0.380 e. The van der Waals surface area contributed by atoms with Crippen LogP contribution in [0.25, 0.3) is 0 Å². The van der Waals surface area contributed by atoms with Crippen LogP contribution in [0.3, 0.4) is 0 Å². The van der Waals surface area contributed by atoms with Gasteiger partial charge >= 0.3 is 0 Å². The minimum absolute atomic E-state index is 0.124. The van der Waals surface area contributed by atoms with Gasteiger partial charge in [-0.2, -0.15) is 0 Å². The third-order valence-electron chi connectivity index (χ3n) is 3.77. The highest BCUT2D eigenvalue weighted by atomic mass is 16.5. The van der Waals surface area contributed by atoms with Crippen LogP contribution in [-0.4, -0.2) is 38.3 Å². The van der Waals surface area contributed by atoms with Crippen molar-refractivity contribution in [3.05, 3.63) is 0 Å². The molecule has 0 atom stereocenters. The van der Waals surface area contributed by atoms with Gasteiger partial charge in [-0.1, -0.05) is 39.5 Å². The Hall–Kier alpha value is -0.610. The Bertz CT molecular complexity index is 249. The summed E-state index contributed by atoms with van der Waals surface area (Å²) in [4.78, 5) is 11.8. The number of hydrogen-bond acceptors (Lipinski definition) is 3. The predicted octanol–water partition coefficient (Wildman–Crippen LogP) is 2.48. The largest absolute Gasteiger partial charge is 0.380 e. The number of hydrogen-bond donors (Lipinski definition) is 2. The molecule has 0 bridgehead atoms. The van der Waals surface area contributed by atoms with E-state index in [4.69, 9.17) is 4.74 Å². The number of nitrogens with one attached hydrogen (secondary N) is 2. The summed E-state index contributed by atoms with van der Waals surface area (Å²) in [5.74, 6) is 0.812. The van der Waals surface area contributed by atoms with E-state index in [1.807, 2.05) is 0 Å². The lowest BCUT2D eigenvalue weighted by Gasteiger charge is -2.16. The molecule has 1 aliphatic carbocycles. The van der Waals surface area contributed by atoms with Crippen LogP contribution in [0, 0.1) is 5.92 Å². The van der Waals surface area contributed by atoms with E-state index in [1.54, 1.807) is 0 Å². The highest BCUT2D eigenvalue weighted by Gasteiger charge is 2.13. The summed E-state index contributed by atoms with van der Waals surface area (Å²) in [5.41, 5.74) is 0. The first-order valence-electron chi connectivity index (χ1n) is 8.26. The van der Waals surface area contributed by atoms with E-state index < -0.39 is 0 Å². The fourth-order valence-corrected chi connectivity index (χ4v) is 2.47. The molecule has 0 spiro atoms. The Morgan fingerprint density at radius 3 is 2.50 bits per heavy atom. The lowest BCUT2D eigenvalue weighted by atomic mass is 10.1. The summed E-state index contributed by atoms with van der Waals surface area (Å²) < 4.78 is 5.50. The Balaban J connectivity index is 1.94. The van der Waals surface area contributed by atoms with Gasteiger partial charge < -0.3 is 15.4 Å². The molecule has 4 heteroatoms. The van der Waals surface area contributed by atoms with Crippen LogP contribution in [0.1, 0.15) is 58.8 Å². The fraction of sp³-hybridized carbons (Fsp3) is 0.938. The van der Waals surface area contributed by atoms with Crippen molar-refractivity contribution in [1.82, 2.24) is 10.6 Å². The zero-order valence-corrected chi connectivity index (χ0v) is 13.2. The van der Waals surface area contributed by atoms with Crippen LogP contribution in [0.2, 0.25) is 0 Å². The monoisotopic (exact) mass is 284 g/mol. The highest BCUT2D eigenvalue weighted by molar-refractivity contribution is 5.78. The summed E-state index contributed by atoms with van der Waals surface area (Å²) in [6.07, 6.45) is 8.52. The van der Waals surface area contributed by atoms with E-state index in [9.17, 15) is 4.79 Å². The SMILES string of the molecule is CC(C)CCOCCNCC(=O)NC1CCCCCC1. The lowest BCUT2D eigenvalue weighted by molar-refractivity contribution is -0.121. The average molecular weight is 284 g/mol. The third kappa shape index (κ3) is 9.32. The van der Waals surface area contributed by atoms with E-state index >= 15 is 0 Å². The maximum atomic E-state index is 11.8. The van der Waals surface area contributed by atoms with Gasteiger partial charge in [0.2, 0.25) is 5.91 Å². The number of carbonyl (C=O) groups excluding carboxylic acids is 1. The number of ether oxygens (including phenoxy) is 1. The van der Waals surface area contributed by atoms with Crippen LogP contribution in [0.15, 0.2) is 0 Å². The van der Waals surface area contributed by atoms with Crippen LogP contribution in [0.5, 0.6) is 0 Å². The Kier molecular flexibility index (Phi) is 9.67. The highest BCUT2D eigenvalue weighted by Crippen LogP contribution is 2.16. The molecule has 4 nitrogen and oxygen atoms in total. The van der Waals surface area contributed by atoms with Gasteiger partial charge in [0.05, 0.1) is 13.2 Å². The number of amides is 1. The summed E-state index contributed by atoms with van der Waals surface area (Å²) in [7, 11) is 0. The Morgan fingerprint density at radius 2 is 1.85 bits per heavy atom. The van der Waals surface area contributed by atoms with Crippen molar-refractivity contribution < 1.29 is 9.53 Å². The second kappa shape index (κ2) is 11.1. The molecule has 1 fully saturated rings. The Morgan fingerprint density at radius 1 is 1.15 bits per heavy atom. The van der Waals surface area contributed by atoms with Crippen molar-refractivity contribution in [2.24, 2.45) is 5.92 Å². The fourth-order valence-electron chi connectivity index (χ4n) is 2.47. The van der Waals surface area contributed by atoms with Gasteiger partial charge in [0.25, 0.3) is 0 Å². The van der Waals surface area contributed by atoms with E-state index in [1.165, 1.54) is 25.7 Å². The molecule has 0 aromatic heterocycles. The summed E-state index contributed by atoms with van der Waals surface area (Å²) in [6.45, 7) is 7.04. The molecule has 1 saturated carbocycles. The molecule has 118 valence electrons. The molecular formula is C16H32N2O2. The number of rotatable bonds is 9. The molecule has 0 aliphatic heterocycles. The van der Waals surface area contributed by atoms with Gasteiger partial charge in [-0.25, -0.2) is 0 Å². The van der Waals surface area contributed by atoms with Gasteiger partial charge in [-0.05, 0) is 25.2 Å². The van der Waals surface area contributed by atoms with Gasteiger partial charge in [-0.15, -0.1) is 0 Å². The molecule has 0 heterocycles. The maximum absolute atomic E-state index is 11.8. The van der Waals surface area contributed by atoms with Gasteiger partial charge in [0, 0.05) is 19.2 Å². The molecule has 0 saturated heterocycles. The third-order valence-corrected chi connectivity index (χ3v) is 3.77.